The molecule has 0 aliphatic heterocycles. The minimum atomic E-state index is -0.798. The Bertz CT molecular complexity index is 472. The molecule has 5 heteroatoms. The highest BCUT2D eigenvalue weighted by Crippen LogP contribution is 2.31. The Morgan fingerprint density at radius 2 is 1.84 bits per heavy atom. The molecule has 0 radical (unpaired) electrons. The molecule has 1 aliphatic rings. The molecule has 102 valence electrons. The maximum Gasteiger partial charge on any atom is 0.306 e. The van der Waals surface area contributed by atoms with Crippen LogP contribution in [0.25, 0.3) is 0 Å². The molecule has 1 saturated carbocycles. The van der Waals surface area contributed by atoms with Crippen LogP contribution in [0, 0.1) is 11.8 Å². The molecule has 0 aromatic heterocycles. The summed E-state index contributed by atoms with van der Waals surface area (Å²) in [5.74, 6) is -1.40. The topological polar surface area (TPSA) is 66.4 Å². The summed E-state index contributed by atoms with van der Waals surface area (Å²) in [5, 5.41) is 12.4. The van der Waals surface area contributed by atoms with Gasteiger partial charge in [-0.1, -0.05) is 23.7 Å². The molecular weight excluding hydrogens is 266 g/mol. The van der Waals surface area contributed by atoms with Gasteiger partial charge in [-0.25, -0.2) is 0 Å². The Labute approximate surface area is 116 Å². The number of nitrogens with one attached hydrogen (secondary N) is 1. The second-order valence-corrected chi connectivity index (χ2v) is 5.33. The lowest BCUT2D eigenvalue weighted by atomic mass is 10.0. The van der Waals surface area contributed by atoms with Gasteiger partial charge < -0.3 is 10.4 Å². The van der Waals surface area contributed by atoms with Crippen LogP contribution >= 0.6 is 11.6 Å². The molecule has 0 heterocycles. The predicted molar refractivity (Wildman–Crippen MR) is 71.8 cm³/mol. The number of hydrogen-bond donors (Lipinski definition) is 2. The van der Waals surface area contributed by atoms with Crippen molar-refractivity contribution in [3.8, 4) is 0 Å². The number of carboxylic acid groups (broad SMARTS) is 1. The van der Waals surface area contributed by atoms with Crippen molar-refractivity contribution in [3.63, 3.8) is 0 Å². The fourth-order valence-electron chi connectivity index (χ4n) is 2.38. The largest absolute Gasteiger partial charge is 0.481 e. The summed E-state index contributed by atoms with van der Waals surface area (Å²) in [7, 11) is 0. The number of rotatable bonds is 4. The van der Waals surface area contributed by atoms with Crippen molar-refractivity contribution in [3.05, 3.63) is 34.9 Å². The van der Waals surface area contributed by atoms with E-state index in [1.54, 1.807) is 12.1 Å². The number of aliphatic carboxylic acids is 1. The van der Waals surface area contributed by atoms with E-state index in [-0.39, 0.29) is 17.7 Å². The maximum absolute atomic E-state index is 11.9. The van der Waals surface area contributed by atoms with Crippen molar-refractivity contribution in [2.75, 3.05) is 0 Å². The van der Waals surface area contributed by atoms with Crippen LogP contribution in [0.2, 0.25) is 5.02 Å². The van der Waals surface area contributed by atoms with Crippen LogP contribution in [-0.2, 0) is 16.1 Å². The summed E-state index contributed by atoms with van der Waals surface area (Å²) in [6.45, 7) is 0.449. The molecule has 4 nitrogen and oxygen atoms in total. The molecule has 19 heavy (non-hydrogen) atoms. The SMILES string of the molecule is O=C(O)[C@H]1CC[C@@H](C(=O)NCc2ccc(Cl)cc2)C1. The van der Waals surface area contributed by atoms with E-state index in [0.29, 0.717) is 30.8 Å². The molecule has 1 aromatic carbocycles. The zero-order chi connectivity index (χ0) is 13.8. The third-order valence-corrected chi connectivity index (χ3v) is 3.78. The lowest BCUT2D eigenvalue weighted by Gasteiger charge is -2.10. The lowest BCUT2D eigenvalue weighted by molar-refractivity contribution is -0.141. The monoisotopic (exact) mass is 281 g/mol. The molecule has 1 aliphatic carbocycles. The van der Waals surface area contributed by atoms with E-state index >= 15 is 0 Å². The zero-order valence-corrected chi connectivity index (χ0v) is 11.2. The number of carbonyl (C=O) groups excluding carboxylic acids is 1. The van der Waals surface area contributed by atoms with Gasteiger partial charge in [-0.3, -0.25) is 9.59 Å². The van der Waals surface area contributed by atoms with Crippen molar-refractivity contribution in [1.29, 1.82) is 0 Å². The van der Waals surface area contributed by atoms with Gasteiger partial charge in [0.1, 0.15) is 0 Å². The molecule has 1 fully saturated rings. The average molecular weight is 282 g/mol. The first-order chi connectivity index (χ1) is 9.06. The Morgan fingerprint density at radius 3 is 2.42 bits per heavy atom. The van der Waals surface area contributed by atoms with Crippen LogP contribution in [-0.4, -0.2) is 17.0 Å². The van der Waals surface area contributed by atoms with Crippen molar-refractivity contribution < 1.29 is 14.7 Å². The maximum atomic E-state index is 11.9. The van der Waals surface area contributed by atoms with Crippen LogP contribution in [0.3, 0.4) is 0 Å². The molecule has 0 spiro atoms. The highest BCUT2D eigenvalue weighted by atomic mass is 35.5. The predicted octanol–water partition coefficient (Wildman–Crippen LogP) is 2.46. The first-order valence-electron chi connectivity index (χ1n) is 6.31. The second kappa shape index (κ2) is 6.06. The Kier molecular flexibility index (Phi) is 4.43. The van der Waals surface area contributed by atoms with Crippen molar-refractivity contribution in [2.45, 2.75) is 25.8 Å². The van der Waals surface area contributed by atoms with E-state index in [2.05, 4.69) is 5.32 Å². The first-order valence-corrected chi connectivity index (χ1v) is 6.69. The molecule has 1 aromatic rings. The van der Waals surface area contributed by atoms with Crippen LogP contribution in [0.4, 0.5) is 0 Å². The number of hydrogen-bond acceptors (Lipinski definition) is 2. The van der Waals surface area contributed by atoms with E-state index < -0.39 is 5.97 Å². The van der Waals surface area contributed by atoms with Gasteiger partial charge in [-0.05, 0) is 37.0 Å². The molecule has 1 amide bonds. The lowest BCUT2D eigenvalue weighted by Crippen LogP contribution is -2.29. The number of amides is 1. The Hall–Kier alpha value is -1.55. The molecule has 0 unspecified atom stereocenters. The minimum absolute atomic E-state index is 0.0568. The van der Waals surface area contributed by atoms with E-state index in [4.69, 9.17) is 16.7 Å². The summed E-state index contributed by atoms with van der Waals surface area (Å²) in [4.78, 5) is 22.8. The smallest absolute Gasteiger partial charge is 0.306 e. The van der Waals surface area contributed by atoms with E-state index in [0.717, 1.165) is 5.56 Å². The highest BCUT2D eigenvalue weighted by molar-refractivity contribution is 6.30. The van der Waals surface area contributed by atoms with E-state index in [9.17, 15) is 9.59 Å². The quantitative estimate of drug-likeness (QED) is 0.891. The summed E-state index contributed by atoms with van der Waals surface area (Å²) in [5.41, 5.74) is 0.977. The number of carbonyl (C=O) groups is 2. The Balaban J connectivity index is 1.82. The number of benzene rings is 1. The van der Waals surface area contributed by atoms with Gasteiger partial charge in [0.05, 0.1) is 5.92 Å². The van der Waals surface area contributed by atoms with E-state index in [1.807, 2.05) is 12.1 Å². The van der Waals surface area contributed by atoms with Crippen molar-refractivity contribution in [1.82, 2.24) is 5.32 Å². The number of carboxylic acids is 1. The summed E-state index contributed by atoms with van der Waals surface area (Å²) < 4.78 is 0. The average Bonchev–Trinajstić information content (AvgIpc) is 2.87. The highest BCUT2D eigenvalue weighted by Gasteiger charge is 2.33. The molecular formula is C14H16ClNO3. The van der Waals surface area contributed by atoms with Crippen LogP contribution in [0.1, 0.15) is 24.8 Å². The van der Waals surface area contributed by atoms with Crippen LogP contribution in [0.15, 0.2) is 24.3 Å². The van der Waals surface area contributed by atoms with Gasteiger partial charge in [0.2, 0.25) is 5.91 Å². The molecule has 2 rings (SSSR count). The Morgan fingerprint density at radius 1 is 1.21 bits per heavy atom. The van der Waals surface area contributed by atoms with Gasteiger partial charge in [-0.2, -0.15) is 0 Å². The van der Waals surface area contributed by atoms with Crippen LogP contribution < -0.4 is 5.32 Å². The second-order valence-electron chi connectivity index (χ2n) is 4.89. The molecule has 0 saturated heterocycles. The third-order valence-electron chi connectivity index (χ3n) is 3.53. The summed E-state index contributed by atoms with van der Waals surface area (Å²) >= 11 is 5.78. The molecule has 2 atom stereocenters. The zero-order valence-electron chi connectivity index (χ0n) is 10.4. The summed E-state index contributed by atoms with van der Waals surface area (Å²) in [6, 6.07) is 7.27. The minimum Gasteiger partial charge on any atom is -0.481 e. The fourth-order valence-corrected chi connectivity index (χ4v) is 2.51. The van der Waals surface area contributed by atoms with Crippen molar-refractivity contribution >= 4 is 23.5 Å². The first kappa shape index (κ1) is 13.9. The summed E-state index contributed by atoms with van der Waals surface area (Å²) in [6.07, 6.45) is 1.69. The third kappa shape index (κ3) is 3.70. The van der Waals surface area contributed by atoms with Gasteiger partial charge in [0.25, 0.3) is 0 Å². The van der Waals surface area contributed by atoms with Crippen molar-refractivity contribution in [2.24, 2.45) is 11.8 Å². The fraction of sp³-hybridized carbons (Fsp3) is 0.429. The normalized spacial score (nSPS) is 22.2. The number of halogens is 1. The molecule has 0 bridgehead atoms. The van der Waals surface area contributed by atoms with Gasteiger partial charge >= 0.3 is 5.97 Å². The molecule has 2 N–H and O–H groups in total. The van der Waals surface area contributed by atoms with Gasteiger partial charge in [0.15, 0.2) is 0 Å². The van der Waals surface area contributed by atoms with E-state index in [1.165, 1.54) is 0 Å². The van der Waals surface area contributed by atoms with Gasteiger partial charge in [0, 0.05) is 17.5 Å². The standard InChI is InChI=1S/C14H16ClNO3/c15-12-5-1-9(2-6-12)8-16-13(17)10-3-4-11(7-10)14(18)19/h1-2,5-6,10-11H,3-4,7-8H2,(H,16,17)(H,18,19)/t10-,11+/m1/s1. The van der Waals surface area contributed by atoms with Crippen LogP contribution in [0.5, 0.6) is 0 Å². The van der Waals surface area contributed by atoms with Gasteiger partial charge in [-0.15, -0.1) is 0 Å².